The fourth-order valence-corrected chi connectivity index (χ4v) is 2.33. The fourth-order valence-electron chi connectivity index (χ4n) is 1.46. The van der Waals surface area contributed by atoms with E-state index in [2.05, 4.69) is 4.98 Å². The summed E-state index contributed by atoms with van der Waals surface area (Å²) < 4.78 is 36.8. The van der Waals surface area contributed by atoms with E-state index < -0.39 is 12.1 Å². The Labute approximate surface area is 115 Å². The Kier molecular flexibility index (Phi) is 3.84. The second-order valence-corrected chi connectivity index (χ2v) is 4.81. The van der Waals surface area contributed by atoms with Gasteiger partial charge < -0.3 is 5.32 Å². The van der Waals surface area contributed by atoms with Crippen LogP contribution in [0.25, 0.3) is 10.4 Å². The van der Waals surface area contributed by atoms with Crippen LogP contribution in [-0.2, 0) is 4.79 Å². The van der Waals surface area contributed by atoms with Crippen molar-refractivity contribution in [2.45, 2.75) is 6.18 Å². The molecular formula is C12H7F3N2O2S. The van der Waals surface area contributed by atoms with Gasteiger partial charge in [0.1, 0.15) is 0 Å². The predicted octanol–water partition coefficient (Wildman–Crippen LogP) is 3.12. The molecule has 0 saturated carbocycles. The standard InChI is InChI=1S/C12H7F3N2O2S/c13-12(14,15)11(19)17-9-5-16-4-3-8(9)10-2-1-7(6-18)20-10/h1-6H,(H,17,19). The number of halogens is 3. The van der Waals surface area contributed by atoms with Gasteiger partial charge in [-0.05, 0) is 18.2 Å². The molecule has 2 heterocycles. The number of alkyl halides is 3. The van der Waals surface area contributed by atoms with Crippen LogP contribution in [-0.4, -0.2) is 23.4 Å². The number of anilines is 1. The molecule has 0 saturated heterocycles. The molecule has 0 aliphatic rings. The third kappa shape index (κ3) is 3.02. The van der Waals surface area contributed by atoms with Crippen molar-refractivity contribution in [3.63, 3.8) is 0 Å². The monoisotopic (exact) mass is 300 g/mol. The molecule has 8 heteroatoms. The first-order chi connectivity index (χ1) is 9.41. The van der Waals surface area contributed by atoms with E-state index in [4.69, 9.17) is 0 Å². The van der Waals surface area contributed by atoms with Crippen LogP contribution < -0.4 is 5.32 Å². The highest BCUT2D eigenvalue weighted by atomic mass is 32.1. The number of carbonyl (C=O) groups is 2. The zero-order chi connectivity index (χ0) is 14.8. The molecule has 2 aromatic heterocycles. The van der Waals surface area contributed by atoms with Gasteiger partial charge in [0.15, 0.2) is 6.29 Å². The molecule has 0 aliphatic carbocycles. The van der Waals surface area contributed by atoms with Crippen molar-refractivity contribution in [3.8, 4) is 10.4 Å². The summed E-state index contributed by atoms with van der Waals surface area (Å²) in [4.78, 5) is 26.3. The van der Waals surface area contributed by atoms with Crippen LogP contribution in [0.3, 0.4) is 0 Å². The highest BCUT2D eigenvalue weighted by molar-refractivity contribution is 7.17. The van der Waals surface area contributed by atoms with E-state index in [1.54, 1.807) is 17.4 Å². The summed E-state index contributed by atoms with van der Waals surface area (Å²) in [5, 5.41) is 1.77. The van der Waals surface area contributed by atoms with Gasteiger partial charge in [0.25, 0.3) is 0 Å². The lowest BCUT2D eigenvalue weighted by molar-refractivity contribution is -0.167. The zero-order valence-electron chi connectivity index (χ0n) is 9.77. The first kappa shape index (κ1) is 14.2. The number of pyridine rings is 1. The van der Waals surface area contributed by atoms with Crippen molar-refractivity contribution < 1.29 is 22.8 Å². The van der Waals surface area contributed by atoms with E-state index in [1.807, 2.05) is 0 Å². The number of amides is 1. The third-order valence-corrected chi connectivity index (χ3v) is 3.38. The van der Waals surface area contributed by atoms with Crippen LogP contribution >= 0.6 is 11.3 Å². The van der Waals surface area contributed by atoms with Gasteiger partial charge >= 0.3 is 12.1 Å². The van der Waals surface area contributed by atoms with E-state index in [1.165, 1.54) is 12.3 Å². The highest BCUT2D eigenvalue weighted by Crippen LogP contribution is 2.33. The Morgan fingerprint density at radius 1 is 1.30 bits per heavy atom. The van der Waals surface area contributed by atoms with Gasteiger partial charge in [-0.1, -0.05) is 0 Å². The summed E-state index contributed by atoms with van der Waals surface area (Å²) >= 11 is 1.11. The van der Waals surface area contributed by atoms with E-state index in [0.29, 0.717) is 21.6 Å². The van der Waals surface area contributed by atoms with Crippen molar-refractivity contribution in [3.05, 3.63) is 35.5 Å². The molecule has 0 aliphatic heterocycles. The van der Waals surface area contributed by atoms with Crippen LogP contribution in [0, 0.1) is 0 Å². The quantitative estimate of drug-likeness (QED) is 0.886. The number of hydrogen-bond acceptors (Lipinski definition) is 4. The first-order valence-corrected chi connectivity index (χ1v) is 6.11. The number of thiophene rings is 1. The van der Waals surface area contributed by atoms with Crippen molar-refractivity contribution in [2.24, 2.45) is 0 Å². The van der Waals surface area contributed by atoms with Gasteiger partial charge in [-0.3, -0.25) is 14.6 Å². The molecule has 1 N–H and O–H groups in total. The molecule has 20 heavy (non-hydrogen) atoms. The summed E-state index contributed by atoms with van der Waals surface area (Å²) in [7, 11) is 0. The lowest BCUT2D eigenvalue weighted by Crippen LogP contribution is -2.30. The van der Waals surface area contributed by atoms with Crippen LogP contribution in [0.5, 0.6) is 0 Å². The molecule has 0 radical (unpaired) electrons. The molecule has 2 rings (SSSR count). The van der Waals surface area contributed by atoms with E-state index in [9.17, 15) is 22.8 Å². The van der Waals surface area contributed by atoms with Gasteiger partial charge in [0, 0.05) is 16.6 Å². The second kappa shape index (κ2) is 5.41. The van der Waals surface area contributed by atoms with Crippen LogP contribution in [0.1, 0.15) is 9.67 Å². The van der Waals surface area contributed by atoms with Crippen molar-refractivity contribution in [1.82, 2.24) is 4.98 Å². The number of aldehydes is 1. The van der Waals surface area contributed by atoms with Crippen LogP contribution in [0.4, 0.5) is 18.9 Å². The Balaban J connectivity index is 2.36. The molecule has 0 fully saturated rings. The maximum absolute atomic E-state index is 12.3. The molecule has 0 spiro atoms. The molecule has 0 atom stereocenters. The molecule has 104 valence electrons. The van der Waals surface area contributed by atoms with Gasteiger partial charge in [0.2, 0.25) is 0 Å². The van der Waals surface area contributed by atoms with Gasteiger partial charge in [-0.2, -0.15) is 13.2 Å². The molecule has 0 unspecified atom stereocenters. The zero-order valence-corrected chi connectivity index (χ0v) is 10.6. The first-order valence-electron chi connectivity index (χ1n) is 5.29. The minimum atomic E-state index is -4.98. The maximum Gasteiger partial charge on any atom is 0.471 e. The van der Waals surface area contributed by atoms with Crippen molar-refractivity contribution in [2.75, 3.05) is 5.32 Å². The number of carbonyl (C=O) groups excluding carboxylic acids is 2. The molecule has 2 aromatic rings. The average Bonchev–Trinajstić information content (AvgIpc) is 2.87. The normalized spacial score (nSPS) is 11.2. The maximum atomic E-state index is 12.3. The van der Waals surface area contributed by atoms with Gasteiger partial charge in [0.05, 0.1) is 16.8 Å². The number of hydrogen-bond donors (Lipinski definition) is 1. The van der Waals surface area contributed by atoms with E-state index in [0.717, 1.165) is 17.5 Å². The number of nitrogens with one attached hydrogen (secondary N) is 1. The number of aromatic nitrogens is 1. The van der Waals surface area contributed by atoms with E-state index in [-0.39, 0.29) is 5.69 Å². The van der Waals surface area contributed by atoms with E-state index >= 15 is 0 Å². The summed E-state index contributed by atoms with van der Waals surface area (Å²) in [6, 6.07) is 4.60. The SMILES string of the molecule is O=Cc1ccc(-c2ccncc2NC(=O)C(F)(F)F)s1. The van der Waals surface area contributed by atoms with Crippen LogP contribution in [0.15, 0.2) is 30.6 Å². The lowest BCUT2D eigenvalue weighted by Gasteiger charge is -2.10. The Morgan fingerprint density at radius 3 is 2.65 bits per heavy atom. The van der Waals surface area contributed by atoms with Gasteiger partial charge in [-0.15, -0.1) is 11.3 Å². The summed E-state index contributed by atoms with van der Waals surface area (Å²) in [5.41, 5.74) is 0.310. The number of rotatable bonds is 3. The van der Waals surface area contributed by atoms with Gasteiger partial charge in [-0.25, -0.2) is 0 Å². The third-order valence-electron chi connectivity index (χ3n) is 2.34. The number of nitrogens with zero attached hydrogens (tertiary/aromatic N) is 1. The molecule has 0 bridgehead atoms. The summed E-state index contributed by atoms with van der Waals surface area (Å²) in [5.74, 6) is -2.07. The lowest BCUT2D eigenvalue weighted by atomic mass is 10.2. The highest BCUT2D eigenvalue weighted by Gasteiger charge is 2.39. The Bertz CT molecular complexity index is 652. The fraction of sp³-hybridized carbons (Fsp3) is 0.0833. The average molecular weight is 300 g/mol. The smallest absolute Gasteiger partial charge is 0.316 e. The minimum absolute atomic E-state index is 0.0610. The molecule has 4 nitrogen and oxygen atoms in total. The van der Waals surface area contributed by atoms with Crippen molar-refractivity contribution >= 4 is 29.2 Å². The predicted molar refractivity (Wildman–Crippen MR) is 67.6 cm³/mol. The summed E-state index contributed by atoms with van der Waals surface area (Å²) in [6.45, 7) is 0. The van der Waals surface area contributed by atoms with Crippen LogP contribution in [0.2, 0.25) is 0 Å². The molecule has 0 aromatic carbocycles. The largest absolute Gasteiger partial charge is 0.471 e. The molecule has 1 amide bonds. The van der Waals surface area contributed by atoms with Crippen molar-refractivity contribution in [1.29, 1.82) is 0 Å². The Hall–Kier alpha value is -2.22. The minimum Gasteiger partial charge on any atom is -0.316 e. The second-order valence-electron chi connectivity index (χ2n) is 3.69. The topological polar surface area (TPSA) is 59.1 Å². The Morgan fingerprint density at radius 2 is 2.05 bits per heavy atom. The molecular weight excluding hydrogens is 293 g/mol. The summed E-state index contributed by atoms with van der Waals surface area (Å²) in [6.07, 6.45) is -1.82.